The van der Waals surface area contributed by atoms with Crippen LogP contribution in [0.2, 0.25) is 5.02 Å². The number of hydrogen-bond donors (Lipinski definition) is 0. The van der Waals surface area contributed by atoms with E-state index < -0.39 is 10.0 Å². The van der Waals surface area contributed by atoms with Crippen molar-refractivity contribution in [3.63, 3.8) is 0 Å². The number of carbonyl (C=O) groups excluding carboxylic acids is 1. The minimum atomic E-state index is -3.60. The second-order valence-corrected chi connectivity index (χ2v) is 9.17. The Hall–Kier alpha value is -1.16. The van der Waals surface area contributed by atoms with Crippen molar-refractivity contribution in [2.24, 2.45) is 0 Å². The fraction of sp³-hybridized carbons (Fsp3) is 0.235. The molecule has 5 nitrogen and oxygen atoms in total. The molecule has 0 radical (unpaired) electrons. The lowest BCUT2D eigenvalue weighted by molar-refractivity contribution is 0.0697. The number of sulfonamides is 1. The van der Waals surface area contributed by atoms with Crippen molar-refractivity contribution in [2.45, 2.75) is 4.90 Å². The zero-order chi connectivity index (χ0) is 18.0. The number of hydrogen-bond acceptors (Lipinski definition) is 3. The molecule has 0 aliphatic carbocycles. The third kappa shape index (κ3) is 3.99. The minimum absolute atomic E-state index is 0.0650. The van der Waals surface area contributed by atoms with Crippen molar-refractivity contribution in [3.05, 3.63) is 62.7 Å². The summed E-state index contributed by atoms with van der Waals surface area (Å²) in [6.07, 6.45) is 0. The zero-order valence-corrected chi connectivity index (χ0v) is 17.0. The molecule has 3 rings (SSSR count). The van der Waals surface area contributed by atoms with E-state index in [1.807, 2.05) is 18.2 Å². The fourth-order valence-corrected chi connectivity index (χ4v) is 5.05. The summed E-state index contributed by atoms with van der Waals surface area (Å²) in [5.74, 6) is -0.0650. The lowest BCUT2D eigenvalue weighted by Gasteiger charge is -2.34. The van der Waals surface area contributed by atoms with Crippen molar-refractivity contribution in [1.29, 1.82) is 0 Å². The molecule has 1 saturated heterocycles. The smallest absolute Gasteiger partial charge is 0.255 e. The highest BCUT2D eigenvalue weighted by atomic mass is 127. The normalized spacial score (nSPS) is 16.0. The molecule has 8 heteroatoms. The second-order valence-electron chi connectivity index (χ2n) is 5.63. The molecule has 0 N–H and O–H groups in total. The number of carbonyl (C=O) groups is 1. The van der Waals surface area contributed by atoms with Gasteiger partial charge in [-0.15, -0.1) is 0 Å². The third-order valence-corrected chi connectivity index (χ3v) is 7.13. The van der Waals surface area contributed by atoms with Crippen molar-refractivity contribution in [1.82, 2.24) is 9.21 Å². The molecule has 1 heterocycles. The first-order valence-electron chi connectivity index (χ1n) is 7.69. The van der Waals surface area contributed by atoms with Gasteiger partial charge < -0.3 is 4.90 Å². The molecule has 0 bridgehead atoms. The summed E-state index contributed by atoms with van der Waals surface area (Å²) in [6.45, 7) is 1.27. The summed E-state index contributed by atoms with van der Waals surface area (Å²) in [7, 11) is -3.60. The molecule has 1 fully saturated rings. The summed E-state index contributed by atoms with van der Waals surface area (Å²) in [5, 5.41) is 0.383. The van der Waals surface area contributed by atoms with Crippen LogP contribution in [0.3, 0.4) is 0 Å². The third-order valence-electron chi connectivity index (χ3n) is 4.06. The van der Waals surface area contributed by atoms with E-state index in [0.29, 0.717) is 23.7 Å². The molecule has 0 spiro atoms. The van der Waals surface area contributed by atoms with Gasteiger partial charge in [-0.2, -0.15) is 4.31 Å². The van der Waals surface area contributed by atoms with Gasteiger partial charge in [-0.25, -0.2) is 8.42 Å². The molecule has 0 aromatic heterocycles. The van der Waals surface area contributed by atoms with Gasteiger partial charge >= 0.3 is 0 Å². The topological polar surface area (TPSA) is 57.7 Å². The second kappa shape index (κ2) is 7.61. The van der Waals surface area contributed by atoms with E-state index in [4.69, 9.17) is 11.6 Å². The maximum absolute atomic E-state index is 12.7. The number of halogens is 2. The molecule has 0 atom stereocenters. The van der Waals surface area contributed by atoms with Gasteiger partial charge in [-0.3, -0.25) is 4.79 Å². The van der Waals surface area contributed by atoms with Crippen LogP contribution in [-0.2, 0) is 10.0 Å². The monoisotopic (exact) mass is 490 g/mol. The van der Waals surface area contributed by atoms with Crippen LogP contribution in [0.15, 0.2) is 53.4 Å². The quantitative estimate of drug-likeness (QED) is 0.622. The van der Waals surface area contributed by atoms with Gasteiger partial charge in [0.2, 0.25) is 10.0 Å². The predicted octanol–water partition coefficient (Wildman–Crippen LogP) is 3.09. The van der Waals surface area contributed by atoms with E-state index in [0.717, 1.165) is 3.57 Å². The van der Waals surface area contributed by atoms with E-state index in [-0.39, 0.29) is 23.9 Å². The summed E-state index contributed by atoms with van der Waals surface area (Å²) in [4.78, 5) is 14.5. The lowest BCUT2D eigenvalue weighted by atomic mass is 10.2. The average Bonchev–Trinajstić information content (AvgIpc) is 2.62. The van der Waals surface area contributed by atoms with Gasteiger partial charge in [0.05, 0.1) is 10.5 Å². The number of rotatable bonds is 3. The largest absolute Gasteiger partial charge is 0.336 e. The van der Waals surface area contributed by atoms with Crippen LogP contribution in [0, 0.1) is 3.57 Å². The first-order chi connectivity index (χ1) is 11.9. The maximum atomic E-state index is 12.7. The number of piperazine rings is 1. The number of amides is 1. The fourth-order valence-electron chi connectivity index (χ4n) is 2.71. The molecule has 132 valence electrons. The highest BCUT2D eigenvalue weighted by molar-refractivity contribution is 14.1. The van der Waals surface area contributed by atoms with Crippen molar-refractivity contribution in [2.75, 3.05) is 26.2 Å². The number of benzene rings is 2. The van der Waals surface area contributed by atoms with Crippen LogP contribution in [0.5, 0.6) is 0 Å². The van der Waals surface area contributed by atoms with E-state index in [1.54, 1.807) is 23.1 Å². The summed E-state index contributed by atoms with van der Waals surface area (Å²) >= 11 is 8.03. The Kier molecular flexibility index (Phi) is 5.67. The molecule has 1 aliphatic rings. The maximum Gasteiger partial charge on any atom is 0.255 e. The first kappa shape index (κ1) is 18.6. The van der Waals surface area contributed by atoms with Crippen LogP contribution in [0.4, 0.5) is 0 Å². The van der Waals surface area contributed by atoms with Gasteiger partial charge in [0, 0.05) is 34.8 Å². The molecule has 2 aromatic carbocycles. The van der Waals surface area contributed by atoms with Crippen molar-refractivity contribution >= 4 is 50.1 Å². The molecule has 25 heavy (non-hydrogen) atoms. The van der Waals surface area contributed by atoms with E-state index >= 15 is 0 Å². The Labute approximate surface area is 165 Å². The van der Waals surface area contributed by atoms with Gasteiger partial charge in [0.25, 0.3) is 5.91 Å². The number of nitrogens with zero attached hydrogens (tertiary/aromatic N) is 2. The predicted molar refractivity (Wildman–Crippen MR) is 105 cm³/mol. The molecular formula is C17H16ClIN2O3S. The Morgan fingerprint density at radius 1 is 1.00 bits per heavy atom. The van der Waals surface area contributed by atoms with E-state index in [9.17, 15) is 13.2 Å². The Morgan fingerprint density at radius 3 is 2.32 bits per heavy atom. The Balaban J connectivity index is 1.72. The Bertz CT molecular complexity index is 896. The highest BCUT2D eigenvalue weighted by Gasteiger charge is 2.30. The van der Waals surface area contributed by atoms with Crippen LogP contribution < -0.4 is 0 Å². The van der Waals surface area contributed by atoms with E-state index in [1.165, 1.54) is 16.4 Å². The summed E-state index contributed by atoms with van der Waals surface area (Å²) in [6, 6.07) is 13.6. The minimum Gasteiger partial charge on any atom is -0.336 e. The summed E-state index contributed by atoms with van der Waals surface area (Å²) in [5.41, 5.74) is 0.647. The van der Waals surface area contributed by atoms with Gasteiger partial charge in [0.1, 0.15) is 0 Å². The van der Waals surface area contributed by atoms with Crippen molar-refractivity contribution < 1.29 is 13.2 Å². The van der Waals surface area contributed by atoms with Gasteiger partial charge in [-0.1, -0.05) is 29.8 Å². The summed E-state index contributed by atoms with van der Waals surface area (Å²) < 4.78 is 27.7. The molecule has 0 unspecified atom stereocenters. The van der Waals surface area contributed by atoms with Gasteiger partial charge in [-0.05, 0) is 52.9 Å². The Morgan fingerprint density at radius 2 is 1.68 bits per heavy atom. The molecule has 0 saturated carbocycles. The van der Waals surface area contributed by atoms with Crippen molar-refractivity contribution in [3.8, 4) is 0 Å². The SMILES string of the molecule is O=C(c1ccccc1I)N1CCN(S(=O)(=O)c2cccc(Cl)c2)CC1. The van der Waals surface area contributed by atoms with Crippen LogP contribution in [0.1, 0.15) is 10.4 Å². The molecule has 2 aromatic rings. The highest BCUT2D eigenvalue weighted by Crippen LogP contribution is 2.22. The molecule has 1 amide bonds. The van der Waals surface area contributed by atoms with Gasteiger partial charge in [0.15, 0.2) is 0 Å². The van der Waals surface area contributed by atoms with Crippen LogP contribution in [-0.4, -0.2) is 49.7 Å². The van der Waals surface area contributed by atoms with Crippen LogP contribution in [0.25, 0.3) is 0 Å². The standard InChI is InChI=1S/C17H16ClIN2O3S/c18-13-4-3-5-14(12-13)25(23,24)21-10-8-20(9-11-21)17(22)15-6-1-2-7-16(15)19/h1-7,12H,8-11H2. The molecule has 1 aliphatic heterocycles. The molecular weight excluding hydrogens is 475 g/mol. The van der Waals surface area contributed by atoms with E-state index in [2.05, 4.69) is 22.6 Å². The van der Waals surface area contributed by atoms with Crippen LogP contribution >= 0.6 is 34.2 Å². The lowest BCUT2D eigenvalue weighted by Crippen LogP contribution is -2.50. The zero-order valence-electron chi connectivity index (χ0n) is 13.2. The first-order valence-corrected chi connectivity index (χ1v) is 10.6. The average molecular weight is 491 g/mol.